The molecule has 0 aliphatic carbocycles. The van der Waals surface area contributed by atoms with Crippen molar-refractivity contribution in [3.8, 4) is 0 Å². The van der Waals surface area contributed by atoms with Gasteiger partial charge >= 0.3 is 0 Å². The topological polar surface area (TPSA) is 93.2 Å². The van der Waals surface area contributed by atoms with Gasteiger partial charge in [0.05, 0.1) is 12.7 Å². The lowest BCUT2D eigenvalue weighted by Gasteiger charge is -2.21. The number of hydrogen-bond donors (Lipinski definition) is 1. The van der Waals surface area contributed by atoms with Crippen LogP contribution < -0.4 is 5.56 Å². The van der Waals surface area contributed by atoms with E-state index in [1.165, 1.54) is 4.57 Å². The van der Waals surface area contributed by atoms with Crippen LogP contribution in [-0.4, -0.2) is 48.6 Å². The minimum atomic E-state index is -1.19. The Morgan fingerprint density at radius 2 is 2.20 bits per heavy atom. The predicted molar refractivity (Wildman–Crippen MR) is 90.9 cm³/mol. The fourth-order valence-electron chi connectivity index (χ4n) is 2.99. The summed E-state index contributed by atoms with van der Waals surface area (Å²) in [6.45, 7) is 6.22. The Bertz CT molecular complexity index is 841. The van der Waals surface area contributed by atoms with Crippen molar-refractivity contribution in [2.75, 3.05) is 13.1 Å². The van der Waals surface area contributed by atoms with Crippen molar-refractivity contribution >= 4 is 5.91 Å². The molecule has 0 spiro atoms. The summed E-state index contributed by atoms with van der Waals surface area (Å²) in [6.07, 6.45) is 3.73. The van der Waals surface area contributed by atoms with Crippen LogP contribution >= 0.6 is 0 Å². The van der Waals surface area contributed by atoms with Crippen LogP contribution in [0, 0.1) is 6.92 Å². The monoisotopic (exact) mass is 345 g/mol. The number of pyridine rings is 1. The maximum Gasteiger partial charge on any atom is 0.253 e. The van der Waals surface area contributed by atoms with Gasteiger partial charge in [0, 0.05) is 30.8 Å². The van der Waals surface area contributed by atoms with Crippen molar-refractivity contribution in [3.05, 3.63) is 46.1 Å². The molecule has 0 aromatic carbocycles. The average molecular weight is 345 g/mol. The van der Waals surface area contributed by atoms with Crippen LogP contribution in [0.4, 0.5) is 0 Å². The SMILES string of the molecule is Cc1cccn(CC(=O)N2CC[C@@](O)(c3cn(C(C)C)nn3)C2)c1=O. The third-order valence-electron chi connectivity index (χ3n) is 4.63. The number of rotatable bonds is 4. The lowest BCUT2D eigenvalue weighted by atomic mass is 10.00. The zero-order valence-electron chi connectivity index (χ0n) is 14.7. The molecule has 1 saturated heterocycles. The maximum absolute atomic E-state index is 12.5. The molecule has 3 heterocycles. The van der Waals surface area contributed by atoms with Gasteiger partial charge in [-0.2, -0.15) is 0 Å². The van der Waals surface area contributed by atoms with Crippen molar-refractivity contribution in [2.24, 2.45) is 0 Å². The first-order chi connectivity index (χ1) is 11.8. The Balaban J connectivity index is 1.72. The number of carbonyl (C=O) groups excluding carboxylic acids is 1. The molecule has 2 aromatic rings. The molecule has 2 aromatic heterocycles. The third-order valence-corrected chi connectivity index (χ3v) is 4.63. The Morgan fingerprint density at radius 3 is 2.88 bits per heavy atom. The molecular weight excluding hydrogens is 322 g/mol. The fourth-order valence-corrected chi connectivity index (χ4v) is 2.99. The van der Waals surface area contributed by atoms with Crippen LogP contribution in [0.25, 0.3) is 0 Å². The van der Waals surface area contributed by atoms with Crippen molar-refractivity contribution in [2.45, 2.75) is 45.4 Å². The first-order valence-electron chi connectivity index (χ1n) is 8.39. The Labute approximate surface area is 145 Å². The van der Waals surface area contributed by atoms with E-state index >= 15 is 0 Å². The predicted octanol–water partition coefficient (Wildman–Crippen LogP) is 0.449. The molecular formula is C17H23N5O3. The molecule has 25 heavy (non-hydrogen) atoms. The van der Waals surface area contributed by atoms with Gasteiger partial charge in [-0.25, -0.2) is 4.68 Å². The standard InChI is InChI=1S/C17H23N5O3/c1-12(2)22-9-14(18-19-22)17(25)6-8-21(11-17)15(23)10-20-7-4-5-13(3)16(20)24/h4-5,7,9,12,25H,6,8,10-11H2,1-3H3/t17-/m0/s1. The van der Waals surface area contributed by atoms with Gasteiger partial charge in [-0.05, 0) is 26.8 Å². The van der Waals surface area contributed by atoms with Crippen molar-refractivity contribution in [1.29, 1.82) is 0 Å². The number of β-amino-alcohol motifs (C(OH)–C–C–N with tert-alkyl or cyclic N) is 1. The maximum atomic E-state index is 12.5. The minimum Gasteiger partial charge on any atom is -0.381 e. The van der Waals surface area contributed by atoms with Gasteiger partial charge < -0.3 is 14.6 Å². The number of hydrogen-bond acceptors (Lipinski definition) is 5. The van der Waals surface area contributed by atoms with Crippen molar-refractivity contribution in [3.63, 3.8) is 0 Å². The smallest absolute Gasteiger partial charge is 0.253 e. The second kappa shape index (κ2) is 6.44. The summed E-state index contributed by atoms with van der Waals surface area (Å²) in [6, 6.07) is 3.61. The van der Waals surface area contributed by atoms with E-state index in [0.717, 1.165) is 0 Å². The highest BCUT2D eigenvalue weighted by molar-refractivity contribution is 5.76. The Kier molecular flexibility index (Phi) is 4.47. The van der Waals surface area contributed by atoms with E-state index in [-0.39, 0.29) is 30.6 Å². The Hall–Kier alpha value is -2.48. The summed E-state index contributed by atoms with van der Waals surface area (Å²) >= 11 is 0. The largest absolute Gasteiger partial charge is 0.381 e. The number of amides is 1. The Morgan fingerprint density at radius 1 is 1.44 bits per heavy atom. The van der Waals surface area contributed by atoms with Gasteiger partial charge in [-0.3, -0.25) is 9.59 Å². The van der Waals surface area contributed by atoms with E-state index in [2.05, 4.69) is 10.3 Å². The second-order valence-electron chi connectivity index (χ2n) is 6.90. The van der Waals surface area contributed by atoms with E-state index in [1.807, 2.05) is 13.8 Å². The number of aromatic nitrogens is 4. The molecule has 8 heteroatoms. The highest BCUT2D eigenvalue weighted by Crippen LogP contribution is 2.30. The second-order valence-corrected chi connectivity index (χ2v) is 6.90. The molecule has 0 bridgehead atoms. The van der Waals surface area contributed by atoms with Crippen molar-refractivity contribution in [1.82, 2.24) is 24.5 Å². The number of aliphatic hydroxyl groups is 1. The normalized spacial score (nSPS) is 20.4. The van der Waals surface area contributed by atoms with Crippen LogP contribution in [0.1, 0.15) is 37.6 Å². The molecule has 134 valence electrons. The first kappa shape index (κ1) is 17.3. The zero-order valence-corrected chi connectivity index (χ0v) is 14.7. The van der Waals surface area contributed by atoms with Crippen LogP contribution in [0.3, 0.4) is 0 Å². The summed E-state index contributed by atoms with van der Waals surface area (Å²) in [5.41, 5.74) is -0.298. The summed E-state index contributed by atoms with van der Waals surface area (Å²) in [7, 11) is 0. The lowest BCUT2D eigenvalue weighted by molar-refractivity contribution is -0.131. The molecule has 1 N–H and O–H groups in total. The first-order valence-corrected chi connectivity index (χ1v) is 8.39. The summed E-state index contributed by atoms with van der Waals surface area (Å²) in [4.78, 5) is 26.2. The summed E-state index contributed by atoms with van der Waals surface area (Å²) < 4.78 is 3.08. The molecule has 1 amide bonds. The van der Waals surface area contributed by atoms with E-state index in [1.54, 1.807) is 41.0 Å². The van der Waals surface area contributed by atoms with Gasteiger partial charge in [0.2, 0.25) is 5.91 Å². The molecule has 1 fully saturated rings. The van der Waals surface area contributed by atoms with Gasteiger partial charge in [-0.15, -0.1) is 5.10 Å². The quantitative estimate of drug-likeness (QED) is 0.868. The van der Waals surface area contributed by atoms with E-state index in [0.29, 0.717) is 24.2 Å². The van der Waals surface area contributed by atoms with E-state index in [9.17, 15) is 14.7 Å². The number of likely N-dealkylation sites (tertiary alicyclic amines) is 1. The molecule has 0 saturated carbocycles. The average Bonchev–Trinajstić information content (AvgIpc) is 3.20. The summed E-state index contributed by atoms with van der Waals surface area (Å²) in [5, 5.41) is 19.0. The molecule has 0 unspecified atom stereocenters. The van der Waals surface area contributed by atoms with Crippen LogP contribution in [0.5, 0.6) is 0 Å². The minimum absolute atomic E-state index is 0.0325. The molecule has 3 rings (SSSR count). The summed E-state index contributed by atoms with van der Waals surface area (Å²) in [5.74, 6) is -0.195. The molecule has 0 radical (unpaired) electrons. The van der Waals surface area contributed by atoms with Gasteiger partial charge in [-0.1, -0.05) is 11.3 Å². The fraction of sp³-hybridized carbons (Fsp3) is 0.529. The van der Waals surface area contributed by atoms with Gasteiger partial charge in [0.25, 0.3) is 5.56 Å². The van der Waals surface area contributed by atoms with Crippen molar-refractivity contribution < 1.29 is 9.90 Å². The molecule has 1 atom stereocenters. The van der Waals surface area contributed by atoms with Gasteiger partial charge in [0.15, 0.2) is 0 Å². The lowest BCUT2D eigenvalue weighted by Crippen LogP contribution is -2.38. The number of carbonyl (C=O) groups is 1. The van der Waals surface area contributed by atoms with Crippen LogP contribution in [0.2, 0.25) is 0 Å². The van der Waals surface area contributed by atoms with E-state index < -0.39 is 5.60 Å². The van der Waals surface area contributed by atoms with E-state index in [4.69, 9.17) is 0 Å². The van der Waals surface area contributed by atoms with Gasteiger partial charge in [0.1, 0.15) is 17.8 Å². The van der Waals surface area contributed by atoms with Crippen LogP contribution in [-0.2, 0) is 16.9 Å². The third kappa shape index (κ3) is 3.34. The zero-order chi connectivity index (χ0) is 18.2. The highest BCUT2D eigenvalue weighted by Gasteiger charge is 2.41. The number of nitrogens with zero attached hydrogens (tertiary/aromatic N) is 5. The molecule has 8 nitrogen and oxygen atoms in total. The molecule has 1 aliphatic heterocycles. The number of aryl methyl sites for hydroxylation is 1. The van der Waals surface area contributed by atoms with Crippen LogP contribution in [0.15, 0.2) is 29.3 Å². The molecule has 1 aliphatic rings. The highest BCUT2D eigenvalue weighted by atomic mass is 16.3.